The third-order valence-electron chi connectivity index (χ3n) is 3.72. The lowest BCUT2D eigenvalue weighted by molar-refractivity contribution is -0.135. The molecule has 0 bridgehead atoms. The standard InChI is InChI=1S/C19H16O6/c1-22-15-6-4-3-5-12(15)9-14(19(21)23-2)18(20)13-7-8-16-17(10-13)25-11-24-16/h3-10H,11H2,1-2H3/b14-9-. The summed E-state index contributed by atoms with van der Waals surface area (Å²) in [5.41, 5.74) is 0.793. The van der Waals surface area contributed by atoms with Gasteiger partial charge in [-0.25, -0.2) is 4.79 Å². The second kappa shape index (κ2) is 7.09. The Bertz CT molecular complexity index is 853. The normalized spacial score (nSPS) is 12.6. The fourth-order valence-electron chi connectivity index (χ4n) is 2.46. The molecule has 0 aliphatic carbocycles. The van der Waals surface area contributed by atoms with Crippen LogP contribution in [-0.4, -0.2) is 32.8 Å². The van der Waals surface area contributed by atoms with Crippen molar-refractivity contribution in [3.63, 3.8) is 0 Å². The molecule has 2 aromatic rings. The first-order valence-corrected chi connectivity index (χ1v) is 7.51. The Labute approximate surface area is 144 Å². The van der Waals surface area contributed by atoms with E-state index in [1.165, 1.54) is 20.3 Å². The van der Waals surface area contributed by atoms with Gasteiger partial charge in [-0.05, 0) is 30.3 Å². The molecule has 1 aliphatic rings. The van der Waals surface area contributed by atoms with Crippen molar-refractivity contribution in [2.75, 3.05) is 21.0 Å². The molecule has 2 aromatic carbocycles. The van der Waals surface area contributed by atoms with Crippen molar-refractivity contribution in [1.29, 1.82) is 0 Å². The number of methoxy groups -OCH3 is 2. The van der Waals surface area contributed by atoms with Crippen molar-refractivity contribution in [3.8, 4) is 17.2 Å². The number of esters is 1. The quantitative estimate of drug-likeness (QED) is 0.274. The number of Topliss-reactive ketones (excluding diaryl/α,β-unsaturated/α-hetero) is 1. The predicted octanol–water partition coefficient (Wildman–Crippen LogP) is 2.86. The van der Waals surface area contributed by atoms with Gasteiger partial charge >= 0.3 is 5.97 Å². The topological polar surface area (TPSA) is 71.1 Å². The summed E-state index contributed by atoms with van der Waals surface area (Å²) in [6.07, 6.45) is 1.46. The minimum absolute atomic E-state index is 0.105. The molecule has 0 saturated heterocycles. The van der Waals surface area contributed by atoms with Crippen LogP contribution in [-0.2, 0) is 9.53 Å². The number of carbonyl (C=O) groups is 2. The van der Waals surface area contributed by atoms with E-state index >= 15 is 0 Å². The number of hydrogen-bond donors (Lipinski definition) is 0. The minimum atomic E-state index is -0.728. The Morgan fingerprint density at radius 3 is 2.56 bits per heavy atom. The number of fused-ring (bicyclic) bond motifs is 1. The van der Waals surface area contributed by atoms with Gasteiger partial charge in [0.2, 0.25) is 6.79 Å². The molecule has 6 nitrogen and oxygen atoms in total. The van der Waals surface area contributed by atoms with E-state index in [-0.39, 0.29) is 12.4 Å². The molecule has 1 heterocycles. The fourth-order valence-corrected chi connectivity index (χ4v) is 2.46. The van der Waals surface area contributed by atoms with Gasteiger partial charge < -0.3 is 18.9 Å². The number of carbonyl (C=O) groups excluding carboxylic acids is 2. The number of benzene rings is 2. The van der Waals surface area contributed by atoms with Crippen LogP contribution in [0, 0.1) is 0 Å². The van der Waals surface area contributed by atoms with E-state index in [1.807, 2.05) is 0 Å². The van der Waals surface area contributed by atoms with Gasteiger partial charge in [-0.3, -0.25) is 4.79 Å². The molecule has 0 N–H and O–H groups in total. The molecule has 0 amide bonds. The van der Waals surface area contributed by atoms with E-state index in [4.69, 9.17) is 18.9 Å². The van der Waals surface area contributed by atoms with Crippen molar-refractivity contribution in [2.24, 2.45) is 0 Å². The largest absolute Gasteiger partial charge is 0.496 e. The summed E-state index contributed by atoms with van der Waals surface area (Å²) >= 11 is 0. The van der Waals surface area contributed by atoms with Gasteiger partial charge in [-0.1, -0.05) is 18.2 Å². The third kappa shape index (κ3) is 3.33. The van der Waals surface area contributed by atoms with E-state index in [0.717, 1.165) is 0 Å². The molecule has 25 heavy (non-hydrogen) atoms. The average molecular weight is 340 g/mol. The molecular formula is C19H16O6. The van der Waals surface area contributed by atoms with Gasteiger partial charge in [0.05, 0.1) is 14.2 Å². The lowest BCUT2D eigenvalue weighted by Gasteiger charge is -2.08. The minimum Gasteiger partial charge on any atom is -0.496 e. The smallest absolute Gasteiger partial charge is 0.341 e. The highest BCUT2D eigenvalue weighted by Gasteiger charge is 2.24. The van der Waals surface area contributed by atoms with E-state index in [0.29, 0.717) is 28.4 Å². The van der Waals surface area contributed by atoms with Crippen LogP contribution in [0.25, 0.3) is 6.08 Å². The highest BCUT2D eigenvalue weighted by molar-refractivity contribution is 6.27. The predicted molar refractivity (Wildman–Crippen MR) is 89.9 cm³/mol. The van der Waals surface area contributed by atoms with Crippen LogP contribution in [0.5, 0.6) is 17.2 Å². The molecule has 1 aliphatic heterocycles. The Kier molecular flexibility index (Phi) is 4.70. The summed E-state index contributed by atoms with van der Waals surface area (Å²) in [4.78, 5) is 25.0. The van der Waals surface area contributed by atoms with Gasteiger partial charge in [0.15, 0.2) is 17.3 Å². The highest BCUT2D eigenvalue weighted by Crippen LogP contribution is 2.33. The van der Waals surface area contributed by atoms with E-state index < -0.39 is 11.8 Å². The molecule has 0 saturated carbocycles. The molecule has 6 heteroatoms. The first-order chi connectivity index (χ1) is 12.1. The number of hydrogen-bond acceptors (Lipinski definition) is 6. The molecular weight excluding hydrogens is 324 g/mol. The molecule has 0 fully saturated rings. The maximum absolute atomic E-state index is 12.8. The van der Waals surface area contributed by atoms with Crippen LogP contribution >= 0.6 is 0 Å². The van der Waals surface area contributed by atoms with Crippen molar-refractivity contribution in [3.05, 3.63) is 59.2 Å². The summed E-state index contributed by atoms with van der Waals surface area (Å²) in [6.45, 7) is 0.105. The second-order valence-corrected chi connectivity index (χ2v) is 5.19. The summed E-state index contributed by atoms with van der Waals surface area (Å²) in [5.74, 6) is 0.365. The molecule has 0 atom stereocenters. The van der Waals surface area contributed by atoms with Crippen LogP contribution in [0.15, 0.2) is 48.0 Å². The number of ether oxygens (including phenoxy) is 4. The first-order valence-electron chi connectivity index (χ1n) is 7.51. The number of para-hydroxylation sites is 1. The lowest BCUT2D eigenvalue weighted by Crippen LogP contribution is -2.14. The zero-order valence-corrected chi connectivity index (χ0v) is 13.8. The summed E-state index contributed by atoms with van der Waals surface area (Å²) in [7, 11) is 2.75. The van der Waals surface area contributed by atoms with Crippen LogP contribution in [0.1, 0.15) is 15.9 Å². The van der Waals surface area contributed by atoms with Crippen LogP contribution in [0.4, 0.5) is 0 Å². The van der Waals surface area contributed by atoms with Crippen molar-refractivity contribution in [1.82, 2.24) is 0 Å². The van der Waals surface area contributed by atoms with Crippen LogP contribution in [0.3, 0.4) is 0 Å². The summed E-state index contributed by atoms with van der Waals surface area (Å²) in [6, 6.07) is 11.8. The zero-order valence-electron chi connectivity index (χ0n) is 13.8. The zero-order chi connectivity index (χ0) is 17.8. The SMILES string of the molecule is COC(=O)/C(=C\c1ccccc1OC)C(=O)c1ccc2c(c1)OCO2. The van der Waals surface area contributed by atoms with E-state index in [9.17, 15) is 9.59 Å². The number of rotatable bonds is 5. The first kappa shape index (κ1) is 16.6. The van der Waals surface area contributed by atoms with Gasteiger partial charge in [-0.15, -0.1) is 0 Å². The molecule has 0 radical (unpaired) electrons. The van der Waals surface area contributed by atoms with Gasteiger partial charge in [0.25, 0.3) is 0 Å². The fraction of sp³-hybridized carbons (Fsp3) is 0.158. The molecule has 128 valence electrons. The second-order valence-electron chi connectivity index (χ2n) is 5.19. The molecule has 0 spiro atoms. The molecule has 0 aromatic heterocycles. The monoisotopic (exact) mass is 340 g/mol. The Morgan fingerprint density at radius 2 is 1.80 bits per heavy atom. The van der Waals surface area contributed by atoms with Crippen LogP contribution in [0.2, 0.25) is 0 Å². The molecule has 3 rings (SSSR count). The number of ketones is 1. The Balaban J connectivity index is 2.02. The lowest BCUT2D eigenvalue weighted by atomic mass is 10.00. The summed E-state index contributed by atoms with van der Waals surface area (Å²) in [5, 5.41) is 0. The maximum atomic E-state index is 12.8. The van der Waals surface area contributed by atoms with Gasteiger partial charge in [0.1, 0.15) is 11.3 Å². The average Bonchev–Trinajstić information content (AvgIpc) is 3.13. The van der Waals surface area contributed by atoms with Gasteiger partial charge in [0, 0.05) is 11.1 Å². The Morgan fingerprint density at radius 1 is 1.04 bits per heavy atom. The van der Waals surface area contributed by atoms with Gasteiger partial charge in [-0.2, -0.15) is 0 Å². The van der Waals surface area contributed by atoms with Crippen molar-refractivity contribution < 1.29 is 28.5 Å². The van der Waals surface area contributed by atoms with Crippen molar-refractivity contribution in [2.45, 2.75) is 0 Å². The maximum Gasteiger partial charge on any atom is 0.341 e. The third-order valence-corrected chi connectivity index (χ3v) is 3.72. The van der Waals surface area contributed by atoms with Crippen molar-refractivity contribution >= 4 is 17.8 Å². The molecule has 0 unspecified atom stereocenters. The van der Waals surface area contributed by atoms with Crippen LogP contribution < -0.4 is 14.2 Å². The highest BCUT2D eigenvalue weighted by atomic mass is 16.7. The summed E-state index contributed by atoms with van der Waals surface area (Å²) < 4.78 is 20.5. The van der Waals surface area contributed by atoms with E-state index in [1.54, 1.807) is 42.5 Å². The Hall–Kier alpha value is -3.28. The van der Waals surface area contributed by atoms with E-state index in [2.05, 4.69) is 0 Å².